The SMILES string of the molecule is CC(C)C1CCCCC1.N#Cc1cnc2c(cnn2-c2cc(NC3CC3)c(C(N)=O)cn2)c1. The maximum Gasteiger partial charge on any atom is 0.252 e. The van der Waals surface area contributed by atoms with Crippen molar-refractivity contribution in [2.45, 2.75) is 64.8 Å². The summed E-state index contributed by atoms with van der Waals surface area (Å²) >= 11 is 0. The van der Waals surface area contributed by atoms with Gasteiger partial charge in [0.1, 0.15) is 6.07 Å². The average molecular weight is 446 g/mol. The van der Waals surface area contributed by atoms with Gasteiger partial charge in [0, 0.05) is 29.9 Å². The number of aromatic nitrogens is 4. The van der Waals surface area contributed by atoms with Crippen molar-refractivity contribution in [3.8, 4) is 11.9 Å². The van der Waals surface area contributed by atoms with Crippen LogP contribution >= 0.6 is 0 Å². The molecule has 0 unspecified atom stereocenters. The van der Waals surface area contributed by atoms with Crippen LogP contribution in [0.5, 0.6) is 0 Å². The molecule has 0 aromatic carbocycles. The third kappa shape index (κ3) is 5.48. The number of hydrogen-bond acceptors (Lipinski definition) is 6. The van der Waals surface area contributed by atoms with Gasteiger partial charge in [-0.3, -0.25) is 4.79 Å². The van der Waals surface area contributed by atoms with Gasteiger partial charge in [0.25, 0.3) is 5.91 Å². The van der Waals surface area contributed by atoms with Crippen molar-refractivity contribution in [2.24, 2.45) is 17.6 Å². The molecule has 2 aliphatic carbocycles. The number of rotatable bonds is 5. The molecule has 2 saturated carbocycles. The van der Waals surface area contributed by atoms with E-state index in [9.17, 15) is 4.79 Å². The molecule has 0 radical (unpaired) electrons. The van der Waals surface area contributed by atoms with E-state index < -0.39 is 5.91 Å². The van der Waals surface area contributed by atoms with E-state index in [0.717, 1.165) is 30.1 Å². The first-order valence-corrected chi connectivity index (χ1v) is 11.8. The molecule has 2 aliphatic rings. The predicted molar refractivity (Wildman–Crippen MR) is 128 cm³/mol. The number of carbonyl (C=O) groups excluding carboxylic acids is 1. The number of primary amides is 1. The molecule has 0 atom stereocenters. The van der Waals surface area contributed by atoms with E-state index in [-0.39, 0.29) is 0 Å². The molecule has 1 amide bonds. The number of anilines is 1. The Hall–Kier alpha value is -3.47. The van der Waals surface area contributed by atoms with Gasteiger partial charge in [0.05, 0.1) is 23.0 Å². The molecule has 172 valence electrons. The maximum absolute atomic E-state index is 11.6. The summed E-state index contributed by atoms with van der Waals surface area (Å²) in [7, 11) is 0. The van der Waals surface area contributed by atoms with Gasteiger partial charge < -0.3 is 11.1 Å². The molecule has 2 fully saturated rings. The molecular formula is C25H31N7O. The van der Waals surface area contributed by atoms with Crippen LogP contribution in [0.4, 0.5) is 5.69 Å². The van der Waals surface area contributed by atoms with Crippen molar-refractivity contribution in [1.82, 2.24) is 19.7 Å². The summed E-state index contributed by atoms with van der Waals surface area (Å²) in [5.74, 6) is 1.98. The van der Waals surface area contributed by atoms with Crippen LogP contribution in [-0.2, 0) is 0 Å². The van der Waals surface area contributed by atoms with Gasteiger partial charge in [-0.25, -0.2) is 9.97 Å². The first-order chi connectivity index (χ1) is 16.0. The molecule has 0 spiro atoms. The number of hydrogen-bond donors (Lipinski definition) is 2. The van der Waals surface area contributed by atoms with E-state index in [1.807, 2.05) is 6.07 Å². The largest absolute Gasteiger partial charge is 0.382 e. The fraction of sp³-hybridized carbons (Fsp3) is 0.480. The molecular weight excluding hydrogens is 414 g/mol. The zero-order chi connectivity index (χ0) is 23.4. The van der Waals surface area contributed by atoms with Crippen molar-refractivity contribution >= 4 is 22.6 Å². The summed E-state index contributed by atoms with van der Waals surface area (Å²) in [6, 6.07) is 5.87. The van der Waals surface area contributed by atoms with E-state index >= 15 is 0 Å². The number of nitriles is 1. The monoisotopic (exact) mass is 445 g/mol. The molecule has 3 aromatic heterocycles. The van der Waals surface area contributed by atoms with Crippen LogP contribution in [0.2, 0.25) is 0 Å². The molecule has 33 heavy (non-hydrogen) atoms. The lowest BCUT2D eigenvalue weighted by molar-refractivity contribution is 0.100. The third-order valence-corrected chi connectivity index (χ3v) is 6.44. The summed E-state index contributed by atoms with van der Waals surface area (Å²) in [4.78, 5) is 20.1. The van der Waals surface area contributed by atoms with E-state index in [4.69, 9.17) is 11.0 Å². The Kier molecular flexibility index (Phi) is 6.87. The van der Waals surface area contributed by atoms with E-state index in [1.54, 1.807) is 23.0 Å². The Balaban J connectivity index is 0.000000243. The van der Waals surface area contributed by atoms with Gasteiger partial charge in [-0.2, -0.15) is 15.0 Å². The van der Waals surface area contributed by atoms with Crippen molar-refractivity contribution in [3.05, 3.63) is 41.9 Å². The molecule has 0 saturated heterocycles. The van der Waals surface area contributed by atoms with E-state index in [2.05, 4.69) is 34.2 Å². The smallest absolute Gasteiger partial charge is 0.252 e. The second-order valence-electron chi connectivity index (χ2n) is 9.32. The van der Waals surface area contributed by atoms with Gasteiger partial charge in [0.15, 0.2) is 11.5 Å². The molecule has 5 rings (SSSR count). The summed E-state index contributed by atoms with van der Waals surface area (Å²) in [6.07, 6.45) is 14.2. The van der Waals surface area contributed by atoms with Crippen LogP contribution < -0.4 is 11.1 Å². The normalized spacial score (nSPS) is 16.2. The standard InChI is InChI=1S/C16H13N7O.C9H18/c17-5-9-3-10-7-21-23(16(10)20-6-9)14-4-13(22-11-1-2-11)12(8-19-14)15(18)24;1-8(2)9-6-4-3-5-7-9/h3-4,6-8,11H,1-2H2,(H2,18,24)(H,19,22);8-9H,3-7H2,1-2H3. The summed E-state index contributed by atoms with van der Waals surface area (Å²) in [5.41, 5.74) is 7.47. The fourth-order valence-electron chi connectivity index (χ4n) is 4.27. The number of pyridine rings is 2. The Morgan fingerprint density at radius 2 is 1.88 bits per heavy atom. The zero-order valence-electron chi connectivity index (χ0n) is 19.3. The minimum atomic E-state index is -0.528. The van der Waals surface area contributed by atoms with Crippen LogP contribution in [0.3, 0.4) is 0 Å². The maximum atomic E-state index is 11.6. The highest BCUT2D eigenvalue weighted by atomic mass is 16.1. The molecule has 0 bridgehead atoms. The first kappa shape index (κ1) is 22.7. The minimum absolute atomic E-state index is 0.349. The van der Waals surface area contributed by atoms with E-state index in [0.29, 0.717) is 34.3 Å². The highest BCUT2D eigenvalue weighted by molar-refractivity contribution is 5.98. The lowest BCUT2D eigenvalue weighted by Gasteiger charge is -2.24. The highest BCUT2D eigenvalue weighted by Gasteiger charge is 2.24. The number of fused-ring (bicyclic) bond motifs is 1. The van der Waals surface area contributed by atoms with Gasteiger partial charge in [-0.05, 0) is 30.7 Å². The molecule has 3 heterocycles. The number of amides is 1. The number of carbonyl (C=O) groups is 1. The summed E-state index contributed by atoms with van der Waals surface area (Å²) in [5, 5.41) is 17.3. The molecule has 8 heteroatoms. The lowest BCUT2D eigenvalue weighted by atomic mass is 9.82. The second kappa shape index (κ2) is 9.99. The zero-order valence-corrected chi connectivity index (χ0v) is 19.3. The Morgan fingerprint density at radius 3 is 2.48 bits per heavy atom. The topological polar surface area (TPSA) is 123 Å². The number of nitrogens with one attached hydrogen (secondary N) is 1. The van der Waals surface area contributed by atoms with Crippen molar-refractivity contribution < 1.29 is 4.79 Å². The van der Waals surface area contributed by atoms with Crippen molar-refractivity contribution in [3.63, 3.8) is 0 Å². The fourth-order valence-corrected chi connectivity index (χ4v) is 4.27. The third-order valence-electron chi connectivity index (χ3n) is 6.44. The Bertz CT molecular complexity index is 1170. The summed E-state index contributed by atoms with van der Waals surface area (Å²) < 4.78 is 1.57. The van der Waals surface area contributed by atoms with Gasteiger partial charge in [-0.1, -0.05) is 46.0 Å². The lowest BCUT2D eigenvalue weighted by Crippen LogP contribution is -2.16. The summed E-state index contributed by atoms with van der Waals surface area (Å²) in [6.45, 7) is 4.71. The number of nitrogens with two attached hydrogens (primary N) is 1. The Labute approximate surface area is 194 Å². The number of nitrogens with zero attached hydrogens (tertiary/aromatic N) is 5. The quantitative estimate of drug-likeness (QED) is 0.592. The van der Waals surface area contributed by atoms with Crippen LogP contribution in [-0.4, -0.2) is 31.7 Å². The average Bonchev–Trinajstić information content (AvgIpc) is 3.54. The van der Waals surface area contributed by atoms with E-state index in [1.165, 1.54) is 44.5 Å². The van der Waals surface area contributed by atoms with Crippen molar-refractivity contribution in [2.75, 3.05) is 5.32 Å². The van der Waals surface area contributed by atoms with Crippen LogP contribution in [0.25, 0.3) is 16.9 Å². The molecule has 3 aromatic rings. The van der Waals surface area contributed by atoms with Gasteiger partial charge in [0.2, 0.25) is 0 Å². The minimum Gasteiger partial charge on any atom is -0.382 e. The first-order valence-electron chi connectivity index (χ1n) is 11.8. The van der Waals surface area contributed by atoms with Crippen LogP contribution in [0.15, 0.2) is 30.7 Å². The molecule has 3 N–H and O–H groups in total. The van der Waals surface area contributed by atoms with Crippen LogP contribution in [0, 0.1) is 23.2 Å². The van der Waals surface area contributed by atoms with Gasteiger partial charge >= 0.3 is 0 Å². The molecule has 8 nitrogen and oxygen atoms in total. The second-order valence-corrected chi connectivity index (χ2v) is 9.32. The van der Waals surface area contributed by atoms with Crippen molar-refractivity contribution in [1.29, 1.82) is 5.26 Å². The highest BCUT2D eigenvalue weighted by Crippen LogP contribution is 2.29. The predicted octanol–water partition coefficient (Wildman–Crippen LogP) is 4.58. The Morgan fingerprint density at radius 1 is 1.12 bits per heavy atom. The van der Waals surface area contributed by atoms with Gasteiger partial charge in [-0.15, -0.1) is 0 Å². The van der Waals surface area contributed by atoms with Crippen LogP contribution in [0.1, 0.15) is 74.7 Å². The molecule has 0 aliphatic heterocycles.